The first-order valence-corrected chi connectivity index (χ1v) is 8.20. The Morgan fingerprint density at radius 3 is 2.91 bits per heavy atom. The number of aromatic nitrogens is 1. The highest BCUT2D eigenvalue weighted by Gasteiger charge is 2.12. The molecule has 23 heavy (non-hydrogen) atoms. The molecule has 0 radical (unpaired) electrons. The van der Waals surface area contributed by atoms with Crippen LogP contribution in [0.4, 0.5) is 5.13 Å². The first-order valence-electron chi connectivity index (χ1n) is 6.56. The van der Waals surface area contributed by atoms with E-state index < -0.39 is 11.9 Å². The van der Waals surface area contributed by atoms with E-state index >= 15 is 0 Å². The maximum absolute atomic E-state index is 11.9. The molecule has 0 aliphatic carbocycles. The van der Waals surface area contributed by atoms with E-state index in [2.05, 4.69) is 10.3 Å². The molecule has 0 saturated carbocycles. The molecule has 120 valence electrons. The van der Waals surface area contributed by atoms with Crippen LogP contribution in [0.15, 0.2) is 29.7 Å². The lowest BCUT2D eigenvalue weighted by Crippen LogP contribution is -2.09. The van der Waals surface area contributed by atoms with Gasteiger partial charge >= 0.3 is 5.97 Å². The third kappa shape index (κ3) is 5.06. The molecule has 0 atom stereocenters. The van der Waals surface area contributed by atoms with Gasteiger partial charge in [-0.15, -0.1) is 11.3 Å². The predicted molar refractivity (Wildman–Crippen MR) is 92.2 cm³/mol. The summed E-state index contributed by atoms with van der Waals surface area (Å²) in [6.07, 6.45) is 2.85. The maximum atomic E-state index is 11.9. The van der Waals surface area contributed by atoms with Crippen molar-refractivity contribution < 1.29 is 14.3 Å². The Morgan fingerprint density at radius 1 is 1.39 bits per heavy atom. The number of benzene rings is 1. The van der Waals surface area contributed by atoms with Crippen molar-refractivity contribution in [1.29, 1.82) is 0 Å². The van der Waals surface area contributed by atoms with Crippen molar-refractivity contribution in [2.45, 2.75) is 6.92 Å². The molecule has 2 aromatic rings. The summed E-state index contributed by atoms with van der Waals surface area (Å²) in [6, 6.07) is 4.96. The van der Waals surface area contributed by atoms with Gasteiger partial charge in [-0.25, -0.2) is 9.78 Å². The Kier molecular flexibility index (Phi) is 6.15. The molecule has 0 bridgehead atoms. The number of ether oxygens (including phenoxy) is 1. The first-order chi connectivity index (χ1) is 11.0. The molecule has 0 aliphatic heterocycles. The number of nitrogens with zero attached hydrogens (tertiary/aromatic N) is 1. The van der Waals surface area contributed by atoms with Crippen LogP contribution < -0.4 is 5.32 Å². The first kappa shape index (κ1) is 17.5. The van der Waals surface area contributed by atoms with Crippen LogP contribution in [-0.2, 0) is 9.53 Å². The molecule has 8 heteroatoms. The Balaban J connectivity index is 2.01. The number of hydrogen-bond acceptors (Lipinski definition) is 5. The van der Waals surface area contributed by atoms with E-state index in [1.807, 2.05) is 0 Å². The molecule has 0 unspecified atom stereocenters. The Labute approximate surface area is 146 Å². The summed E-state index contributed by atoms with van der Waals surface area (Å²) in [7, 11) is 0. The Bertz CT molecular complexity index is 759. The summed E-state index contributed by atoms with van der Waals surface area (Å²) < 4.78 is 4.83. The van der Waals surface area contributed by atoms with E-state index in [0.717, 1.165) is 11.3 Å². The summed E-state index contributed by atoms with van der Waals surface area (Å²) in [5.74, 6) is -0.920. The van der Waals surface area contributed by atoms with Crippen molar-refractivity contribution in [2.75, 3.05) is 11.9 Å². The van der Waals surface area contributed by atoms with E-state index in [4.69, 9.17) is 27.9 Å². The third-order valence-corrected chi connectivity index (χ3v) is 3.93. The molecule has 1 amide bonds. The van der Waals surface area contributed by atoms with Crippen LogP contribution in [0.3, 0.4) is 0 Å². The number of rotatable bonds is 5. The molecule has 0 fully saturated rings. The van der Waals surface area contributed by atoms with Gasteiger partial charge in [0.05, 0.1) is 6.61 Å². The zero-order valence-electron chi connectivity index (χ0n) is 12.0. The second-order valence-electron chi connectivity index (χ2n) is 4.25. The Morgan fingerprint density at radius 2 is 2.17 bits per heavy atom. The van der Waals surface area contributed by atoms with Gasteiger partial charge in [0.25, 0.3) is 0 Å². The van der Waals surface area contributed by atoms with Crippen LogP contribution in [0, 0.1) is 0 Å². The van der Waals surface area contributed by atoms with Gasteiger partial charge in [0.1, 0.15) is 0 Å². The van der Waals surface area contributed by atoms with Gasteiger partial charge in [-0.2, -0.15) is 0 Å². The monoisotopic (exact) mass is 370 g/mol. The number of nitrogens with one attached hydrogen (secondary N) is 1. The van der Waals surface area contributed by atoms with Crippen molar-refractivity contribution in [3.63, 3.8) is 0 Å². The highest BCUT2D eigenvalue weighted by molar-refractivity contribution is 7.14. The lowest BCUT2D eigenvalue weighted by atomic mass is 10.2. The van der Waals surface area contributed by atoms with E-state index in [1.54, 1.807) is 31.2 Å². The average Bonchev–Trinajstić information content (AvgIpc) is 2.97. The minimum atomic E-state index is -0.523. The van der Waals surface area contributed by atoms with Crippen molar-refractivity contribution in [3.05, 3.63) is 51.0 Å². The van der Waals surface area contributed by atoms with Gasteiger partial charge in [0.15, 0.2) is 10.8 Å². The minimum Gasteiger partial charge on any atom is -0.461 e. The second-order valence-corrected chi connectivity index (χ2v) is 5.95. The predicted octanol–water partition coefficient (Wildman–Crippen LogP) is 4.28. The maximum Gasteiger partial charge on any atom is 0.357 e. The standard InChI is InChI=1S/C15H12Cl2N2O3S/c1-2-22-14(21)12-8-23-15(18-12)19-13(20)6-3-9-7-10(16)4-5-11(9)17/h3-8H,2H2,1H3,(H,18,19,20). The fourth-order valence-electron chi connectivity index (χ4n) is 1.58. The molecule has 0 aliphatic rings. The highest BCUT2D eigenvalue weighted by Crippen LogP contribution is 2.22. The van der Waals surface area contributed by atoms with Gasteiger partial charge in [-0.3, -0.25) is 10.1 Å². The zero-order chi connectivity index (χ0) is 16.8. The van der Waals surface area contributed by atoms with Crippen LogP contribution in [0.5, 0.6) is 0 Å². The van der Waals surface area contributed by atoms with Gasteiger partial charge in [-0.05, 0) is 36.8 Å². The zero-order valence-corrected chi connectivity index (χ0v) is 14.3. The molecular formula is C15H12Cl2N2O3S. The van der Waals surface area contributed by atoms with Crippen LogP contribution in [0.1, 0.15) is 23.0 Å². The average molecular weight is 371 g/mol. The van der Waals surface area contributed by atoms with E-state index in [0.29, 0.717) is 20.7 Å². The number of hydrogen-bond donors (Lipinski definition) is 1. The number of esters is 1. The topological polar surface area (TPSA) is 68.3 Å². The third-order valence-electron chi connectivity index (χ3n) is 2.59. The van der Waals surface area contributed by atoms with Gasteiger partial charge in [-0.1, -0.05) is 23.2 Å². The molecule has 2 rings (SSSR count). The molecular weight excluding hydrogens is 359 g/mol. The molecule has 0 spiro atoms. The van der Waals surface area contributed by atoms with Crippen molar-refractivity contribution >= 4 is 57.6 Å². The van der Waals surface area contributed by atoms with E-state index in [9.17, 15) is 9.59 Å². The molecule has 5 nitrogen and oxygen atoms in total. The smallest absolute Gasteiger partial charge is 0.357 e. The van der Waals surface area contributed by atoms with E-state index in [1.165, 1.54) is 11.5 Å². The molecule has 1 N–H and O–H groups in total. The molecule has 1 aromatic carbocycles. The quantitative estimate of drug-likeness (QED) is 0.629. The largest absolute Gasteiger partial charge is 0.461 e. The number of carbonyl (C=O) groups is 2. The summed E-state index contributed by atoms with van der Waals surface area (Å²) >= 11 is 13.0. The minimum absolute atomic E-state index is 0.161. The summed E-state index contributed by atoms with van der Waals surface area (Å²) in [5, 5.41) is 5.39. The van der Waals surface area contributed by atoms with Crippen LogP contribution in [-0.4, -0.2) is 23.5 Å². The van der Waals surface area contributed by atoms with Gasteiger partial charge < -0.3 is 4.74 Å². The summed E-state index contributed by atoms with van der Waals surface area (Å²) in [4.78, 5) is 27.3. The number of carbonyl (C=O) groups excluding carboxylic acids is 2. The lowest BCUT2D eigenvalue weighted by molar-refractivity contribution is -0.111. The number of amides is 1. The SMILES string of the molecule is CCOC(=O)c1csc(NC(=O)C=Cc2cc(Cl)ccc2Cl)n1. The van der Waals surface area contributed by atoms with Crippen LogP contribution in [0.2, 0.25) is 10.0 Å². The number of thiazole rings is 1. The number of halogens is 2. The molecule has 1 aromatic heterocycles. The van der Waals surface area contributed by atoms with Crippen molar-refractivity contribution in [3.8, 4) is 0 Å². The second kappa shape index (κ2) is 8.10. The normalized spacial score (nSPS) is 10.7. The van der Waals surface area contributed by atoms with Crippen LogP contribution >= 0.6 is 34.5 Å². The summed E-state index contributed by atoms with van der Waals surface area (Å²) in [6.45, 7) is 1.97. The molecule has 0 saturated heterocycles. The fraction of sp³-hybridized carbons (Fsp3) is 0.133. The number of anilines is 1. The summed E-state index contributed by atoms with van der Waals surface area (Å²) in [5.41, 5.74) is 0.787. The van der Waals surface area contributed by atoms with Gasteiger partial charge in [0, 0.05) is 21.5 Å². The van der Waals surface area contributed by atoms with Gasteiger partial charge in [0.2, 0.25) is 5.91 Å². The van der Waals surface area contributed by atoms with Crippen LogP contribution in [0.25, 0.3) is 6.08 Å². The Hall–Kier alpha value is -1.89. The van der Waals surface area contributed by atoms with Crippen molar-refractivity contribution in [1.82, 2.24) is 4.98 Å². The molecule has 1 heterocycles. The lowest BCUT2D eigenvalue weighted by Gasteiger charge is -1.99. The fourth-order valence-corrected chi connectivity index (χ4v) is 2.63. The van der Waals surface area contributed by atoms with E-state index in [-0.39, 0.29) is 12.3 Å². The highest BCUT2D eigenvalue weighted by atomic mass is 35.5. The van der Waals surface area contributed by atoms with Crippen molar-refractivity contribution in [2.24, 2.45) is 0 Å².